The molecule has 0 spiro atoms. The molecule has 1 heterocycles. The molecule has 0 amide bonds. The van der Waals surface area contributed by atoms with E-state index in [1.54, 1.807) is 0 Å². The topological polar surface area (TPSA) is 35.5 Å². The summed E-state index contributed by atoms with van der Waals surface area (Å²) in [5.74, 6) is 1.71. The Labute approximate surface area is 101 Å². The smallest absolute Gasteiger partial charge is 0.164 e. The molecule has 1 aromatic carbocycles. The minimum Gasteiger partial charge on any atom is -0.490 e. The maximum Gasteiger partial charge on any atom is 0.164 e. The summed E-state index contributed by atoms with van der Waals surface area (Å²) in [5, 5.41) is 0. The first kappa shape index (κ1) is 10.6. The van der Waals surface area contributed by atoms with Crippen LogP contribution in [0.5, 0.6) is 11.5 Å². The molecule has 1 aliphatic heterocycles. The number of ether oxygens (including phenoxy) is 2. The average molecular weight is 232 g/mol. The summed E-state index contributed by atoms with van der Waals surface area (Å²) in [6.45, 7) is 5.53. The zero-order chi connectivity index (χ0) is 12.0. The Morgan fingerprint density at radius 2 is 1.76 bits per heavy atom. The Kier molecular flexibility index (Phi) is 2.18. The van der Waals surface area contributed by atoms with Crippen molar-refractivity contribution >= 4 is 5.78 Å². The minimum atomic E-state index is -0.0862. The number of benzene rings is 1. The molecule has 0 saturated carbocycles. The van der Waals surface area contributed by atoms with Crippen molar-refractivity contribution in [1.82, 2.24) is 0 Å². The average Bonchev–Trinajstić information content (AvgIpc) is 2.46. The SMILES string of the molecule is CC1(C)CC(=O)c2cc3c(cc21)OCCCO3. The maximum atomic E-state index is 12.0. The summed E-state index contributed by atoms with van der Waals surface area (Å²) in [4.78, 5) is 12.0. The van der Waals surface area contributed by atoms with Gasteiger partial charge in [0.05, 0.1) is 13.2 Å². The zero-order valence-electron chi connectivity index (χ0n) is 10.2. The second-order valence-electron chi connectivity index (χ2n) is 5.38. The second kappa shape index (κ2) is 3.49. The lowest BCUT2D eigenvalue weighted by molar-refractivity contribution is 0.0979. The van der Waals surface area contributed by atoms with E-state index in [1.807, 2.05) is 12.1 Å². The van der Waals surface area contributed by atoms with E-state index in [0.717, 1.165) is 23.3 Å². The van der Waals surface area contributed by atoms with Gasteiger partial charge in [-0.15, -0.1) is 0 Å². The largest absolute Gasteiger partial charge is 0.490 e. The Balaban J connectivity index is 2.15. The van der Waals surface area contributed by atoms with Crippen molar-refractivity contribution in [2.75, 3.05) is 13.2 Å². The van der Waals surface area contributed by atoms with Gasteiger partial charge in [-0.25, -0.2) is 0 Å². The van der Waals surface area contributed by atoms with Crippen LogP contribution in [0.4, 0.5) is 0 Å². The van der Waals surface area contributed by atoms with Crippen molar-refractivity contribution in [3.05, 3.63) is 23.3 Å². The van der Waals surface area contributed by atoms with Gasteiger partial charge in [0.1, 0.15) is 0 Å². The van der Waals surface area contributed by atoms with Crippen LogP contribution in [0.15, 0.2) is 12.1 Å². The third kappa shape index (κ3) is 1.61. The first-order valence-corrected chi connectivity index (χ1v) is 6.05. The third-order valence-corrected chi connectivity index (χ3v) is 3.52. The van der Waals surface area contributed by atoms with Gasteiger partial charge in [0.2, 0.25) is 0 Å². The van der Waals surface area contributed by atoms with Crippen LogP contribution in [0.1, 0.15) is 42.6 Å². The van der Waals surface area contributed by atoms with Crippen molar-refractivity contribution in [2.45, 2.75) is 32.1 Å². The quantitative estimate of drug-likeness (QED) is 0.690. The molecule has 1 aromatic rings. The lowest BCUT2D eigenvalue weighted by Gasteiger charge is -2.19. The maximum absolute atomic E-state index is 12.0. The number of carbonyl (C=O) groups is 1. The predicted molar refractivity (Wildman–Crippen MR) is 64.0 cm³/mol. The lowest BCUT2D eigenvalue weighted by Crippen LogP contribution is -2.12. The Morgan fingerprint density at radius 1 is 1.12 bits per heavy atom. The van der Waals surface area contributed by atoms with Gasteiger partial charge in [0.25, 0.3) is 0 Å². The summed E-state index contributed by atoms with van der Waals surface area (Å²) in [6, 6.07) is 3.84. The molecule has 3 nitrogen and oxygen atoms in total. The molecule has 0 radical (unpaired) electrons. The van der Waals surface area contributed by atoms with Gasteiger partial charge in [-0.3, -0.25) is 4.79 Å². The molecule has 90 valence electrons. The molecular weight excluding hydrogens is 216 g/mol. The highest BCUT2D eigenvalue weighted by Crippen LogP contribution is 2.44. The first-order chi connectivity index (χ1) is 8.08. The molecule has 0 N–H and O–H groups in total. The fraction of sp³-hybridized carbons (Fsp3) is 0.500. The highest BCUT2D eigenvalue weighted by molar-refractivity contribution is 6.02. The van der Waals surface area contributed by atoms with Crippen molar-refractivity contribution in [3.8, 4) is 11.5 Å². The molecule has 0 aromatic heterocycles. The Morgan fingerprint density at radius 3 is 2.47 bits per heavy atom. The van der Waals surface area contributed by atoms with E-state index in [1.165, 1.54) is 0 Å². The number of carbonyl (C=O) groups excluding carboxylic acids is 1. The molecule has 2 aliphatic rings. The van der Waals surface area contributed by atoms with Crippen LogP contribution in [0.25, 0.3) is 0 Å². The molecule has 1 aliphatic carbocycles. The van der Waals surface area contributed by atoms with Crippen molar-refractivity contribution in [3.63, 3.8) is 0 Å². The molecule has 0 saturated heterocycles. The highest BCUT2D eigenvalue weighted by atomic mass is 16.5. The second-order valence-corrected chi connectivity index (χ2v) is 5.38. The summed E-state index contributed by atoms with van der Waals surface area (Å²) >= 11 is 0. The molecule has 3 rings (SSSR count). The molecule has 0 unspecified atom stereocenters. The standard InChI is InChI=1S/C14H16O3/c1-14(2)8-11(15)9-6-12-13(7-10(9)14)17-5-3-4-16-12/h6-7H,3-5,8H2,1-2H3. The highest BCUT2D eigenvalue weighted by Gasteiger charge is 2.37. The summed E-state index contributed by atoms with van der Waals surface area (Å²) in [6.07, 6.45) is 1.46. The van der Waals surface area contributed by atoms with Crippen molar-refractivity contribution in [1.29, 1.82) is 0 Å². The predicted octanol–water partition coefficient (Wildman–Crippen LogP) is 2.71. The minimum absolute atomic E-state index is 0.0862. The Bertz CT molecular complexity index is 488. The van der Waals surface area contributed by atoms with E-state index >= 15 is 0 Å². The molecule has 0 atom stereocenters. The molecular formula is C14H16O3. The number of hydrogen-bond acceptors (Lipinski definition) is 3. The van der Waals surface area contributed by atoms with Crippen LogP contribution in [-0.4, -0.2) is 19.0 Å². The van der Waals surface area contributed by atoms with E-state index in [-0.39, 0.29) is 11.2 Å². The van der Waals surface area contributed by atoms with Gasteiger partial charge in [0, 0.05) is 18.4 Å². The van der Waals surface area contributed by atoms with Crippen LogP contribution in [0.3, 0.4) is 0 Å². The summed E-state index contributed by atoms with van der Waals surface area (Å²) in [5.41, 5.74) is 1.81. The van der Waals surface area contributed by atoms with Crippen LogP contribution in [0, 0.1) is 0 Å². The molecule has 17 heavy (non-hydrogen) atoms. The van der Waals surface area contributed by atoms with E-state index in [2.05, 4.69) is 13.8 Å². The van der Waals surface area contributed by atoms with E-state index in [9.17, 15) is 4.79 Å². The van der Waals surface area contributed by atoms with Gasteiger partial charge in [-0.05, 0) is 23.1 Å². The third-order valence-electron chi connectivity index (χ3n) is 3.52. The number of Topliss-reactive ketones (excluding diaryl/α,β-unsaturated/α-hetero) is 1. The summed E-state index contributed by atoms with van der Waals surface area (Å²) in [7, 11) is 0. The molecule has 0 fully saturated rings. The van der Waals surface area contributed by atoms with Crippen LogP contribution < -0.4 is 9.47 Å². The number of hydrogen-bond donors (Lipinski definition) is 0. The van der Waals surface area contributed by atoms with Crippen LogP contribution in [-0.2, 0) is 5.41 Å². The first-order valence-electron chi connectivity index (χ1n) is 6.05. The Hall–Kier alpha value is -1.51. The van der Waals surface area contributed by atoms with Gasteiger partial charge in [0.15, 0.2) is 17.3 Å². The van der Waals surface area contributed by atoms with Gasteiger partial charge in [-0.1, -0.05) is 13.8 Å². The normalized spacial score (nSPS) is 20.9. The monoisotopic (exact) mass is 232 g/mol. The number of ketones is 1. The van der Waals surface area contributed by atoms with E-state index in [0.29, 0.717) is 25.4 Å². The van der Waals surface area contributed by atoms with E-state index in [4.69, 9.17) is 9.47 Å². The molecule has 3 heteroatoms. The fourth-order valence-electron chi connectivity index (χ4n) is 2.59. The van der Waals surface area contributed by atoms with Crippen molar-refractivity contribution in [2.24, 2.45) is 0 Å². The van der Waals surface area contributed by atoms with Crippen molar-refractivity contribution < 1.29 is 14.3 Å². The van der Waals surface area contributed by atoms with E-state index < -0.39 is 0 Å². The van der Waals surface area contributed by atoms with Gasteiger partial charge >= 0.3 is 0 Å². The van der Waals surface area contributed by atoms with Crippen LogP contribution in [0.2, 0.25) is 0 Å². The number of rotatable bonds is 0. The zero-order valence-corrected chi connectivity index (χ0v) is 10.2. The van der Waals surface area contributed by atoms with Gasteiger partial charge < -0.3 is 9.47 Å². The molecule has 0 bridgehead atoms. The number of fused-ring (bicyclic) bond motifs is 2. The summed E-state index contributed by atoms with van der Waals surface area (Å²) < 4.78 is 11.3. The lowest BCUT2D eigenvalue weighted by atomic mass is 9.86. The fourth-order valence-corrected chi connectivity index (χ4v) is 2.59. The van der Waals surface area contributed by atoms with Gasteiger partial charge in [-0.2, -0.15) is 0 Å². The van der Waals surface area contributed by atoms with Crippen LogP contribution >= 0.6 is 0 Å².